The van der Waals surface area contributed by atoms with E-state index in [4.69, 9.17) is 0 Å². The Labute approximate surface area is 167 Å². The lowest BCUT2D eigenvalue weighted by atomic mass is 10.1. The maximum absolute atomic E-state index is 13.1. The highest BCUT2D eigenvalue weighted by Crippen LogP contribution is 2.22. The second-order valence-corrected chi connectivity index (χ2v) is 7.10. The summed E-state index contributed by atoms with van der Waals surface area (Å²) in [6.07, 6.45) is 4.73. The van der Waals surface area contributed by atoms with Gasteiger partial charge in [-0.15, -0.1) is 0 Å². The lowest BCUT2D eigenvalue weighted by Gasteiger charge is -2.22. The molecule has 1 atom stereocenters. The molecule has 2 aromatic rings. The van der Waals surface area contributed by atoms with Gasteiger partial charge in [0.1, 0.15) is 6.04 Å². The van der Waals surface area contributed by atoms with Crippen LogP contribution in [0.4, 0.5) is 5.69 Å². The monoisotopic (exact) mass is 399 g/mol. The third-order valence-electron chi connectivity index (χ3n) is 4.89. The quantitative estimate of drug-likeness (QED) is 0.451. The van der Waals surface area contributed by atoms with Crippen molar-refractivity contribution in [2.24, 2.45) is 0 Å². The van der Waals surface area contributed by atoms with Crippen LogP contribution in [0.5, 0.6) is 0 Å². The van der Waals surface area contributed by atoms with E-state index in [1.165, 1.54) is 11.6 Å². The molecule has 1 saturated heterocycles. The van der Waals surface area contributed by atoms with Gasteiger partial charge in [-0.05, 0) is 31.7 Å². The lowest BCUT2D eigenvalue weighted by molar-refractivity contribution is -0.136. The SMILES string of the molecule is CC(=O)NCCCCCNc1cccc2cnn(C3CCC(=O)NC3=O)c(=O)c12. The number of imide groups is 1. The summed E-state index contributed by atoms with van der Waals surface area (Å²) in [5.74, 6) is -0.861. The van der Waals surface area contributed by atoms with E-state index in [0.717, 1.165) is 19.3 Å². The number of hydrogen-bond acceptors (Lipinski definition) is 6. The first kappa shape index (κ1) is 20.5. The summed E-state index contributed by atoms with van der Waals surface area (Å²) < 4.78 is 1.17. The molecule has 29 heavy (non-hydrogen) atoms. The van der Waals surface area contributed by atoms with Gasteiger partial charge in [0.2, 0.25) is 11.8 Å². The van der Waals surface area contributed by atoms with Crippen LogP contribution in [0.3, 0.4) is 0 Å². The Hall–Kier alpha value is -3.23. The smallest absolute Gasteiger partial charge is 0.277 e. The molecule has 1 aromatic carbocycles. The number of anilines is 1. The number of rotatable bonds is 8. The van der Waals surface area contributed by atoms with Gasteiger partial charge in [0.15, 0.2) is 0 Å². The number of fused-ring (bicyclic) bond motifs is 1. The molecule has 9 nitrogen and oxygen atoms in total. The summed E-state index contributed by atoms with van der Waals surface area (Å²) in [7, 11) is 0. The number of amides is 3. The molecule has 1 unspecified atom stereocenters. The van der Waals surface area contributed by atoms with Gasteiger partial charge in [0, 0.05) is 37.5 Å². The summed E-state index contributed by atoms with van der Waals surface area (Å²) in [5, 5.41) is 13.6. The zero-order chi connectivity index (χ0) is 20.8. The third-order valence-corrected chi connectivity index (χ3v) is 4.89. The molecular weight excluding hydrogens is 374 g/mol. The minimum absolute atomic E-state index is 0.0280. The molecule has 9 heteroatoms. The number of piperidine rings is 1. The van der Waals surface area contributed by atoms with Crippen molar-refractivity contribution in [1.82, 2.24) is 20.4 Å². The number of benzene rings is 1. The van der Waals surface area contributed by atoms with Gasteiger partial charge in [-0.3, -0.25) is 24.5 Å². The second kappa shape index (κ2) is 9.31. The molecule has 1 aromatic heterocycles. The maximum atomic E-state index is 13.1. The van der Waals surface area contributed by atoms with Crippen LogP contribution >= 0.6 is 0 Å². The van der Waals surface area contributed by atoms with Gasteiger partial charge in [0.25, 0.3) is 11.5 Å². The second-order valence-electron chi connectivity index (χ2n) is 7.10. The van der Waals surface area contributed by atoms with E-state index in [1.54, 1.807) is 12.3 Å². The number of aromatic nitrogens is 2. The Kier molecular flexibility index (Phi) is 6.58. The van der Waals surface area contributed by atoms with Crippen LogP contribution in [0.15, 0.2) is 29.2 Å². The molecule has 0 bridgehead atoms. The van der Waals surface area contributed by atoms with Crippen LogP contribution in [0, 0.1) is 0 Å². The number of nitrogens with zero attached hydrogens (tertiary/aromatic N) is 2. The van der Waals surface area contributed by atoms with Crippen molar-refractivity contribution >= 4 is 34.2 Å². The first-order valence-electron chi connectivity index (χ1n) is 9.80. The first-order valence-corrected chi connectivity index (χ1v) is 9.80. The predicted molar refractivity (Wildman–Crippen MR) is 108 cm³/mol. The van der Waals surface area contributed by atoms with Crippen LogP contribution in [-0.4, -0.2) is 40.6 Å². The Bertz CT molecular complexity index is 984. The highest BCUT2D eigenvalue weighted by molar-refractivity contribution is 5.99. The number of carbonyl (C=O) groups excluding carboxylic acids is 3. The fraction of sp³-hybridized carbons (Fsp3) is 0.450. The van der Waals surface area contributed by atoms with Crippen LogP contribution < -0.4 is 21.5 Å². The first-order chi connectivity index (χ1) is 14.0. The van der Waals surface area contributed by atoms with E-state index in [-0.39, 0.29) is 30.2 Å². The zero-order valence-corrected chi connectivity index (χ0v) is 16.4. The lowest BCUT2D eigenvalue weighted by Crippen LogP contribution is -2.45. The number of hydrogen-bond donors (Lipinski definition) is 3. The number of carbonyl (C=O) groups is 3. The Morgan fingerprint density at radius 1 is 1.21 bits per heavy atom. The zero-order valence-electron chi connectivity index (χ0n) is 16.4. The number of nitrogens with one attached hydrogen (secondary N) is 3. The minimum Gasteiger partial charge on any atom is -0.384 e. The molecule has 0 radical (unpaired) electrons. The molecule has 154 valence electrons. The Morgan fingerprint density at radius 3 is 2.76 bits per heavy atom. The third kappa shape index (κ3) is 4.98. The van der Waals surface area contributed by atoms with E-state index >= 15 is 0 Å². The molecule has 1 aliphatic heterocycles. The van der Waals surface area contributed by atoms with E-state index in [1.807, 2.05) is 12.1 Å². The van der Waals surface area contributed by atoms with Crippen LogP contribution in [-0.2, 0) is 14.4 Å². The summed E-state index contributed by atoms with van der Waals surface area (Å²) >= 11 is 0. The van der Waals surface area contributed by atoms with Crippen LogP contribution in [0.1, 0.15) is 45.1 Å². The highest BCUT2D eigenvalue weighted by Gasteiger charge is 2.30. The summed E-state index contributed by atoms with van der Waals surface area (Å²) in [5.41, 5.74) is 0.337. The normalized spacial score (nSPS) is 16.5. The number of unbranched alkanes of at least 4 members (excludes halogenated alkanes) is 2. The van der Waals surface area contributed by atoms with E-state index in [2.05, 4.69) is 21.0 Å². The van der Waals surface area contributed by atoms with Gasteiger partial charge < -0.3 is 10.6 Å². The fourth-order valence-electron chi connectivity index (χ4n) is 3.41. The van der Waals surface area contributed by atoms with E-state index < -0.39 is 11.9 Å². The molecule has 0 saturated carbocycles. The fourth-order valence-corrected chi connectivity index (χ4v) is 3.41. The molecule has 3 rings (SSSR count). The molecule has 1 fully saturated rings. The molecule has 3 N–H and O–H groups in total. The molecule has 0 spiro atoms. The van der Waals surface area contributed by atoms with Crippen molar-refractivity contribution in [3.63, 3.8) is 0 Å². The highest BCUT2D eigenvalue weighted by atomic mass is 16.2. The summed E-state index contributed by atoms with van der Waals surface area (Å²) in [4.78, 5) is 47.4. The summed E-state index contributed by atoms with van der Waals surface area (Å²) in [6, 6.07) is 4.69. The van der Waals surface area contributed by atoms with Gasteiger partial charge >= 0.3 is 0 Å². The van der Waals surface area contributed by atoms with Gasteiger partial charge in [0.05, 0.1) is 11.6 Å². The van der Waals surface area contributed by atoms with Crippen LogP contribution in [0.2, 0.25) is 0 Å². The molecular formula is C20H25N5O4. The standard InChI is InChI=1S/C20H25N5O4/c1-13(26)21-10-3-2-4-11-22-15-7-5-6-14-12-23-25(20(29)18(14)15)16-8-9-17(27)24-19(16)28/h5-7,12,16,22H,2-4,8-11H2,1H3,(H,21,26)(H,24,27,28). The largest absolute Gasteiger partial charge is 0.384 e. The average Bonchev–Trinajstić information content (AvgIpc) is 2.68. The van der Waals surface area contributed by atoms with Crippen molar-refractivity contribution in [2.45, 2.75) is 45.1 Å². The van der Waals surface area contributed by atoms with E-state index in [9.17, 15) is 19.2 Å². The van der Waals surface area contributed by atoms with E-state index in [0.29, 0.717) is 29.5 Å². The molecule has 0 aliphatic carbocycles. The van der Waals surface area contributed by atoms with Gasteiger partial charge in [-0.2, -0.15) is 5.10 Å². The molecule has 2 heterocycles. The van der Waals surface area contributed by atoms with Crippen LogP contribution in [0.25, 0.3) is 10.8 Å². The minimum atomic E-state index is -0.786. The van der Waals surface area contributed by atoms with Gasteiger partial charge in [-0.1, -0.05) is 12.1 Å². The average molecular weight is 399 g/mol. The molecule has 1 aliphatic rings. The topological polar surface area (TPSA) is 122 Å². The van der Waals surface area contributed by atoms with Crippen molar-refractivity contribution in [3.05, 3.63) is 34.7 Å². The predicted octanol–water partition coefficient (Wildman–Crippen LogP) is 1.09. The van der Waals surface area contributed by atoms with Crippen molar-refractivity contribution < 1.29 is 14.4 Å². The maximum Gasteiger partial charge on any atom is 0.277 e. The van der Waals surface area contributed by atoms with Gasteiger partial charge in [-0.25, -0.2) is 4.68 Å². The summed E-state index contributed by atoms with van der Waals surface area (Å²) in [6.45, 7) is 2.84. The van der Waals surface area contributed by atoms with Crippen molar-refractivity contribution in [1.29, 1.82) is 0 Å². The Morgan fingerprint density at radius 2 is 2.00 bits per heavy atom. The molecule has 3 amide bonds. The van der Waals surface area contributed by atoms with Crippen molar-refractivity contribution in [3.8, 4) is 0 Å². The Balaban J connectivity index is 1.72. The van der Waals surface area contributed by atoms with Crippen molar-refractivity contribution in [2.75, 3.05) is 18.4 Å².